The van der Waals surface area contributed by atoms with E-state index < -0.39 is 11.7 Å². The van der Waals surface area contributed by atoms with E-state index in [1.165, 1.54) is 30.0 Å². The van der Waals surface area contributed by atoms with E-state index in [2.05, 4.69) is 10.9 Å². The number of benzene rings is 2. The van der Waals surface area contributed by atoms with E-state index in [9.17, 15) is 14.0 Å². The van der Waals surface area contributed by atoms with Gasteiger partial charge >= 0.3 is 0 Å². The lowest BCUT2D eigenvalue weighted by Crippen LogP contribution is -2.42. The second-order valence-electron chi connectivity index (χ2n) is 4.53. The van der Waals surface area contributed by atoms with Gasteiger partial charge in [-0.2, -0.15) is 0 Å². The van der Waals surface area contributed by atoms with E-state index in [-0.39, 0.29) is 17.9 Å². The van der Waals surface area contributed by atoms with E-state index in [1.54, 1.807) is 18.2 Å². The van der Waals surface area contributed by atoms with Crippen molar-refractivity contribution < 1.29 is 14.0 Å². The summed E-state index contributed by atoms with van der Waals surface area (Å²) >= 11 is 7.29. The number of rotatable bonds is 5. The van der Waals surface area contributed by atoms with E-state index >= 15 is 0 Å². The molecule has 0 saturated carbocycles. The number of carbonyl (C=O) groups is 2. The van der Waals surface area contributed by atoms with Crippen LogP contribution in [-0.2, 0) is 4.79 Å². The van der Waals surface area contributed by atoms with Crippen LogP contribution in [0, 0.1) is 5.82 Å². The van der Waals surface area contributed by atoms with Gasteiger partial charge in [-0.25, -0.2) is 4.39 Å². The first-order valence-corrected chi connectivity index (χ1v) is 8.14. The molecule has 0 aromatic heterocycles. The van der Waals surface area contributed by atoms with Crippen molar-refractivity contribution in [3.8, 4) is 0 Å². The fourth-order valence-electron chi connectivity index (χ4n) is 1.69. The molecule has 0 bridgehead atoms. The average molecular weight is 353 g/mol. The summed E-state index contributed by atoms with van der Waals surface area (Å²) in [7, 11) is 0. The molecule has 4 nitrogen and oxygen atoms in total. The molecule has 120 valence electrons. The van der Waals surface area contributed by atoms with E-state index in [0.717, 1.165) is 4.90 Å². The zero-order valence-corrected chi connectivity index (χ0v) is 13.6. The van der Waals surface area contributed by atoms with Gasteiger partial charge in [0.25, 0.3) is 5.91 Å². The maximum atomic E-state index is 13.4. The molecular weight excluding hydrogens is 339 g/mol. The molecule has 2 aromatic carbocycles. The highest BCUT2D eigenvalue weighted by molar-refractivity contribution is 7.99. The summed E-state index contributed by atoms with van der Waals surface area (Å²) in [6.45, 7) is 0. The molecule has 0 aliphatic heterocycles. The van der Waals surface area contributed by atoms with Crippen LogP contribution in [0.15, 0.2) is 53.4 Å². The molecular formula is C16H14ClFN2O2S. The molecule has 2 rings (SSSR count). The first-order chi connectivity index (χ1) is 11.1. The minimum Gasteiger partial charge on any atom is -0.273 e. The van der Waals surface area contributed by atoms with Crippen molar-refractivity contribution in [2.24, 2.45) is 0 Å². The number of hydrogen-bond acceptors (Lipinski definition) is 3. The summed E-state index contributed by atoms with van der Waals surface area (Å²) in [4.78, 5) is 24.4. The van der Waals surface area contributed by atoms with Crippen LogP contribution in [0.2, 0.25) is 5.02 Å². The van der Waals surface area contributed by atoms with Crippen LogP contribution >= 0.6 is 23.4 Å². The molecule has 0 aliphatic rings. The summed E-state index contributed by atoms with van der Waals surface area (Å²) in [5.41, 5.74) is 4.33. The average Bonchev–Trinajstić information content (AvgIpc) is 2.55. The van der Waals surface area contributed by atoms with Gasteiger partial charge in [0.05, 0.1) is 5.56 Å². The summed E-state index contributed by atoms with van der Waals surface area (Å²) in [5.74, 6) is -1.14. The molecule has 0 saturated heterocycles. The summed E-state index contributed by atoms with van der Waals surface area (Å²) in [6, 6.07) is 12.8. The second kappa shape index (κ2) is 8.55. The molecule has 2 amide bonds. The summed E-state index contributed by atoms with van der Waals surface area (Å²) in [5, 5.41) is 0.656. The molecule has 0 radical (unpaired) electrons. The number of nitrogens with one attached hydrogen (secondary N) is 2. The molecule has 0 heterocycles. The first kappa shape index (κ1) is 17.3. The molecule has 0 aliphatic carbocycles. The lowest BCUT2D eigenvalue weighted by molar-refractivity contribution is -0.121. The number of halogens is 2. The van der Waals surface area contributed by atoms with Crippen LogP contribution in [0.3, 0.4) is 0 Å². The van der Waals surface area contributed by atoms with Gasteiger partial charge in [0.1, 0.15) is 5.82 Å². The lowest BCUT2D eigenvalue weighted by atomic mass is 10.2. The topological polar surface area (TPSA) is 58.2 Å². The Morgan fingerprint density at radius 2 is 1.74 bits per heavy atom. The third-order valence-corrected chi connectivity index (χ3v) is 4.11. The van der Waals surface area contributed by atoms with Crippen molar-refractivity contribution >= 4 is 35.2 Å². The molecule has 0 atom stereocenters. The number of thioether (sulfide) groups is 1. The number of carbonyl (C=O) groups excluding carboxylic acids is 2. The predicted molar refractivity (Wildman–Crippen MR) is 88.8 cm³/mol. The SMILES string of the molecule is O=C(CCSc1ccc(Cl)cc1)NNC(=O)c1ccccc1F. The van der Waals surface area contributed by atoms with E-state index in [4.69, 9.17) is 11.6 Å². The van der Waals surface area contributed by atoms with Crippen molar-refractivity contribution in [2.75, 3.05) is 5.75 Å². The van der Waals surface area contributed by atoms with Crippen molar-refractivity contribution in [3.05, 3.63) is 64.9 Å². The third-order valence-electron chi connectivity index (χ3n) is 2.85. The van der Waals surface area contributed by atoms with Crippen molar-refractivity contribution in [1.82, 2.24) is 10.9 Å². The Balaban J connectivity index is 1.72. The molecule has 0 spiro atoms. The zero-order chi connectivity index (χ0) is 16.7. The Morgan fingerprint density at radius 1 is 1.04 bits per heavy atom. The fourth-order valence-corrected chi connectivity index (χ4v) is 2.67. The quantitative estimate of drug-likeness (QED) is 0.640. The Morgan fingerprint density at radius 3 is 2.43 bits per heavy atom. The normalized spacial score (nSPS) is 10.2. The standard InChI is InChI=1S/C16H14ClFN2O2S/c17-11-5-7-12(8-6-11)23-10-9-15(21)19-20-16(22)13-3-1-2-4-14(13)18/h1-8H,9-10H2,(H,19,21)(H,20,22). The molecule has 2 aromatic rings. The molecule has 2 N–H and O–H groups in total. The van der Waals surface area contributed by atoms with Crippen LogP contribution in [0.1, 0.15) is 16.8 Å². The van der Waals surface area contributed by atoms with Crippen molar-refractivity contribution in [1.29, 1.82) is 0 Å². The van der Waals surface area contributed by atoms with E-state index in [1.807, 2.05) is 12.1 Å². The largest absolute Gasteiger partial charge is 0.273 e. The minimum atomic E-state index is -0.693. The maximum absolute atomic E-state index is 13.4. The highest BCUT2D eigenvalue weighted by Gasteiger charge is 2.11. The molecule has 23 heavy (non-hydrogen) atoms. The first-order valence-electron chi connectivity index (χ1n) is 6.78. The van der Waals surface area contributed by atoms with Gasteiger partial charge in [-0.3, -0.25) is 20.4 Å². The zero-order valence-electron chi connectivity index (χ0n) is 12.0. The number of amides is 2. The van der Waals surface area contributed by atoms with Crippen LogP contribution in [-0.4, -0.2) is 17.6 Å². The Kier molecular flexibility index (Phi) is 6.43. The molecule has 7 heteroatoms. The van der Waals surface area contributed by atoms with Gasteiger partial charge in [-0.1, -0.05) is 23.7 Å². The lowest BCUT2D eigenvalue weighted by Gasteiger charge is -2.08. The highest BCUT2D eigenvalue weighted by Crippen LogP contribution is 2.20. The Hall–Kier alpha value is -2.05. The van der Waals surface area contributed by atoms with Crippen molar-refractivity contribution in [3.63, 3.8) is 0 Å². The maximum Gasteiger partial charge on any atom is 0.272 e. The highest BCUT2D eigenvalue weighted by atomic mass is 35.5. The fraction of sp³-hybridized carbons (Fsp3) is 0.125. The van der Waals surface area contributed by atoms with Gasteiger partial charge in [-0.15, -0.1) is 11.8 Å². The predicted octanol–water partition coefficient (Wildman–Crippen LogP) is 3.42. The van der Waals surface area contributed by atoms with Gasteiger partial charge in [0.15, 0.2) is 0 Å². The minimum absolute atomic E-state index is 0.122. The van der Waals surface area contributed by atoms with Crippen LogP contribution in [0.25, 0.3) is 0 Å². The molecule has 0 fully saturated rings. The van der Waals surface area contributed by atoms with Crippen LogP contribution in [0.5, 0.6) is 0 Å². The van der Waals surface area contributed by atoms with Gasteiger partial charge in [0, 0.05) is 22.1 Å². The Bertz CT molecular complexity index is 695. The third kappa shape index (κ3) is 5.58. The smallest absolute Gasteiger partial charge is 0.272 e. The summed E-state index contributed by atoms with van der Waals surface area (Å²) in [6.07, 6.45) is 0.213. The number of hydrogen-bond donors (Lipinski definition) is 2. The van der Waals surface area contributed by atoms with Gasteiger partial charge < -0.3 is 0 Å². The van der Waals surface area contributed by atoms with E-state index in [0.29, 0.717) is 10.8 Å². The van der Waals surface area contributed by atoms with Crippen LogP contribution < -0.4 is 10.9 Å². The summed E-state index contributed by atoms with van der Waals surface area (Å²) < 4.78 is 13.4. The second-order valence-corrected chi connectivity index (χ2v) is 6.14. The van der Waals surface area contributed by atoms with Gasteiger partial charge in [0.2, 0.25) is 5.91 Å². The Labute approximate surface area is 142 Å². The van der Waals surface area contributed by atoms with Crippen LogP contribution in [0.4, 0.5) is 4.39 Å². The number of hydrazine groups is 1. The molecule has 0 unspecified atom stereocenters. The van der Waals surface area contributed by atoms with Gasteiger partial charge in [-0.05, 0) is 36.4 Å². The monoisotopic (exact) mass is 352 g/mol. The van der Waals surface area contributed by atoms with Crippen molar-refractivity contribution in [2.45, 2.75) is 11.3 Å².